The van der Waals surface area contributed by atoms with Gasteiger partial charge in [-0.2, -0.15) is 26.3 Å². The molecular formula is C12H8BrF6NO2. The topological polar surface area (TPSA) is 46.2 Å². The lowest BCUT2D eigenvalue weighted by Crippen LogP contribution is -2.59. The van der Waals surface area contributed by atoms with E-state index in [0.717, 1.165) is 24.3 Å². The molecule has 0 aromatic heterocycles. The Labute approximate surface area is 128 Å². The number of benzene rings is 1. The van der Waals surface area contributed by atoms with E-state index in [1.54, 1.807) is 0 Å². The summed E-state index contributed by atoms with van der Waals surface area (Å²) in [5.74, 6) is -2.68. The van der Waals surface area contributed by atoms with E-state index in [1.807, 2.05) is 0 Å². The molecule has 122 valence electrons. The molecule has 0 fully saturated rings. The first-order chi connectivity index (χ1) is 9.80. The number of nitrogens with one attached hydrogen (secondary N) is 1. The van der Waals surface area contributed by atoms with Gasteiger partial charge in [-0.25, -0.2) is 0 Å². The maximum Gasteiger partial charge on any atom is 0.421 e. The van der Waals surface area contributed by atoms with E-state index >= 15 is 0 Å². The van der Waals surface area contributed by atoms with Crippen LogP contribution in [0.4, 0.5) is 32.0 Å². The van der Waals surface area contributed by atoms with Crippen LogP contribution in [0.1, 0.15) is 17.3 Å². The van der Waals surface area contributed by atoms with Crippen LogP contribution in [0.3, 0.4) is 0 Å². The summed E-state index contributed by atoms with van der Waals surface area (Å²) >= 11 is 1.47. The van der Waals surface area contributed by atoms with Gasteiger partial charge in [0.1, 0.15) is 0 Å². The number of Topliss-reactive ketones (excluding diaryl/α,β-unsaturated/α-hetero) is 1. The Morgan fingerprint density at radius 2 is 1.36 bits per heavy atom. The van der Waals surface area contributed by atoms with Gasteiger partial charge < -0.3 is 5.32 Å². The molecule has 0 heterocycles. The number of carbonyl (C=O) groups is 2. The summed E-state index contributed by atoms with van der Waals surface area (Å²) in [6, 6.07) is 4.37. The van der Waals surface area contributed by atoms with Gasteiger partial charge in [0.25, 0.3) is 10.2 Å². The number of rotatable bonds is 3. The molecule has 0 atom stereocenters. The first-order valence-electron chi connectivity index (χ1n) is 5.55. The van der Waals surface area contributed by atoms with Crippen LogP contribution in [0, 0.1) is 0 Å². The van der Waals surface area contributed by atoms with Crippen LogP contribution in [0.15, 0.2) is 24.3 Å². The van der Waals surface area contributed by atoms with Crippen LogP contribution in [0.2, 0.25) is 0 Å². The zero-order valence-corrected chi connectivity index (χ0v) is 12.4. The molecule has 1 aromatic carbocycles. The quantitative estimate of drug-likeness (QED) is 0.479. The average molecular weight is 392 g/mol. The minimum Gasteiger partial charge on any atom is -0.324 e. The van der Waals surface area contributed by atoms with Crippen molar-refractivity contribution in [3.8, 4) is 0 Å². The predicted octanol–water partition coefficient (Wildman–Crippen LogP) is 4.09. The molecule has 10 heteroatoms. The zero-order chi connectivity index (χ0) is 17.3. The highest BCUT2D eigenvalue weighted by Gasteiger charge is 2.74. The van der Waals surface area contributed by atoms with Crippen molar-refractivity contribution in [1.82, 2.24) is 0 Å². The molecule has 0 aliphatic heterocycles. The van der Waals surface area contributed by atoms with Gasteiger partial charge in [0, 0.05) is 11.3 Å². The standard InChI is InChI=1S/C12H8BrF6NO2/c1-6(21)7-2-4-8(5-3-7)20-9(22)10(13,11(14,15)16)12(17,18)19/h2-5H,1H3,(H,20,22). The normalized spacial score (nSPS) is 12.9. The summed E-state index contributed by atoms with van der Waals surface area (Å²) in [5, 5.41) is 1.52. The van der Waals surface area contributed by atoms with Crippen molar-refractivity contribution in [2.45, 2.75) is 23.6 Å². The summed E-state index contributed by atoms with van der Waals surface area (Å²) in [4.78, 5) is 22.5. The predicted molar refractivity (Wildman–Crippen MR) is 68.8 cm³/mol. The number of ketones is 1. The summed E-state index contributed by atoms with van der Waals surface area (Å²) in [5.41, 5.74) is -0.123. The summed E-state index contributed by atoms with van der Waals surface area (Å²) in [6.07, 6.45) is -11.8. The third-order valence-corrected chi connectivity index (χ3v) is 3.90. The van der Waals surface area contributed by atoms with Gasteiger partial charge in [0.05, 0.1) is 0 Å². The lowest BCUT2D eigenvalue weighted by molar-refractivity contribution is -0.253. The fraction of sp³-hybridized carbons (Fsp3) is 0.333. The van der Waals surface area contributed by atoms with Gasteiger partial charge in [0.15, 0.2) is 5.78 Å². The second-order valence-electron chi connectivity index (χ2n) is 4.24. The third-order valence-electron chi connectivity index (χ3n) is 2.64. The molecule has 1 N–H and O–H groups in total. The van der Waals surface area contributed by atoms with Crippen LogP contribution in [-0.2, 0) is 4.79 Å². The molecular weight excluding hydrogens is 384 g/mol. The molecule has 0 aliphatic carbocycles. The molecule has 0 aliphatic rings. The number of amides is 1. The van der Waals surface area contributed by atoms with Crippen molar-refractivity contribution in [1.29, 1.82) is 0 Å². The average Bonchev–Trinajstić information content (AvgIpc) is 2.35. The van der Waals surface area contributed by atoms with E-state index in [9.17, 15) is 35.9 Å². The maximum atomic E-state index is 12.7. The number of anilines is 1. The molecule has 1 aromatic rings. The van der Waals surface area contributed by atoms with E-state index in [4.69, 9.17) is 0 Å². The fourth-order valence-electron chi connectivity index (χ4n) is 1.42. The van der Waals surface area contributed by atoms with Crippen LogP contribution in [0.25, 0.3) is 0 Å². The molecule has 22 heavy (non-hydrogen) atoms. The second-order valence-corrected chi connectivity index (χ2v) is 5.43. The van der Waals surface area contributed by atoms with Gasteiger partial charge in [-0.3, -0.25) is 9.59 Å². The van der Waals surface area contributed by atoms with Gasteiger partial charge in [-0.1, -0.05) is 15.9 Å². The SMILES string of the molecule is CC(=O)c1ccc(NC(=O)C(Br)(C(F)(F)F)C(F)(F)F)cc1. The third kappa shape index (κ3) is 3.42. The van der Waals surface area contributed by atoms with Crippen molar-refractivity contribution in [3.05, 3.63) is 29.8 Å². The van der Waals surface area contributed by atoms with E-state index in [2.05, 4.69) is 0 Å². The summed E-state index contributed by atoms with van der Waals surface area (Å²) in [7, 11) is 0. The van der Waals surface area contributed by atoms with Gasteiger partial charge >= 0.3 is 12.4 Å². The van der Waals surface area contributed by atoms with E-state index < -0.39 is 22.6 Å². The largest absolute Gasteiger partial charge is 0.421 e. The van der Waals surface area contributed by atoms with Gasteiger partial charge in [-0.05, 0) is 31.2 Å². The zero-order valence-electron chi connectivity index (χ0n) is 10.8. The Morgan fingerprint density at radius 1 is 0.955 bits per heavy atom. The van der Waals surface area contributed by atoms with Gasteiger partial charge in [-0.15, -0.1) is 0 Å². The molecule has 0 radical (unpaired) electrons. The van der Waals surface area contributed by atoms with E-state index in [0.29, 0.717) is 0 Å². The Hall–Kier alpha value is -1.58. The number of hydrogen-bond acceptors (Lipinski definition) is 2. The van der Waals surface area contributed by atoms with Crippen molar-refractivity contribution in [2.24, 2.45) is 0 Å². The second kappa shape index (κ2) is 5.90. The summed E-state index contributed by atoms with van der Waals surface area (Å²) in [6.45, 7) is 1.23. The number of halogens is 7. The molecule has 0 unspecified atom stereocenters. The number of carbonyl (C=O) groups excluding carboxylic acids is 2. The maximum absolute atomic E-state index is 12.7. The summed E-state index contributed by atoms with van der Waals surface area (Å²) < 4.78 is 71.2. The number of alkyl halides is 7. The van der Waals surface area contributed by atoms with Crippen LogP contribution in [0.5, 0.6) is 0 Å². The van der Waals surface area contributed by atoms with Crippen LogP contribution >= 0.6 is 15.9 Å². The van der Waals surface area contributed by atoms with Gasteiger partial charge in [0.2, 0.25) is 0 Å². The molecule has 0 saturated carbocycles. The highest BCUT2D eigenvalue weighted by molar-refractivity contribution is 9.10. The van der Waals surface area contributed by atoms with E-state index in [1.165, 1.54) is 28.2 Å². The minimum absolute atomic E-state index is 0.190. The molecule has 3 nitrogen and oxygen atoms in total. The lowest BCUT2D eigenvalue weighted by Gasteiger charge is -2.30. The monoisotopic (exact) mass is 391 g/mol. The molecule has 1 amide bonds. The fourth-order valence-corrected chi connectivity index (χ4v) is 1.52. The van der Waals surface area contributed by atoms with Crippen molar-refractivity contribution in [3.63, 3.8) is 0 Å². The highest BCUT2D eigenvalue weighted by Crippen LogP contribution is 2.50. The Morgan fingerprint density at radius 3 is 1.68 bits per heavy atom. The molecule has 0 saturated heterocycles. The van der Waals surface area contributed by atoms with E-state index in [-0.39, 0.29) is 17.0 Å². The smallest absolute Gasteiger partial charge is 0.324 e. The number of hydrogen-bond donors (Lipinski definition) is 1. The molecule has 0 spiro atoms. The van der Waals surface area contributed by atoms with Crippen LogP contribution < -0.4 is 5.32 Å². The minimum atomic E-state index is -5.89. The van der Waals surface area contributed by atoms with Crippen molar-refractivity contribution >= 4 is 33.3 Å². The molecule has 1 rings (SSSR count). The van der Waals surface area contributed by atoms with Crippen molar-refractivity contribution < 1.29 is 35.9 Å². The van der Waals surface area contributed by atoms with Crippen molar-refractivity contribution in [2.75, 3.05) is 5.32 Å². The highest BCUT2D eigenvalue weighted by atomic mass is 79.9. The molecule has 0 bridgehead atoms. The van der Waals surface area contributed by atoms with Crippen LogP contribution in [-0.4, -0.2) is 28.4 Å². The lowest BCUT2D eigenvalue weighted by atomic mass is 10.1. The Bertz CT molecular complexity index is 565. The first kappa shape index (κ1) is 18.5. The Kier molecular flexibility index (Phi) is 4.95. The first-order valence-corrected chi connectivity index (χ1v) is 6.35. The Balaban J connectivity index is 3.10.